The number of nitrogens with one attached hydrogen (secondary N) is 1. The van der Waals surface area contributed by atoms with Crippen molar-refractivity contribution >= 4 is 12.0 Å². The molecule has 0 spiro atoms. The van der Waals surface area contributed by atoms with Crippen LogP contribution in [0.1, 0.15) is 39.5 Å². The summed E-state index contributed by atoms with van der Waals surface area (Å²) in [6.45, 7) is 3.72. The number of carbonyl (C=O) groups excluding carboxylic acids is 1. The molecule has 0 saturated heterocycles. The molecule has 110 valence electrons. The van der Waals surface area contributed by atoms with Gasteiger partial charge in [0, 0.05) is 7.05 Å². The predicted molar refractivity (Wildman–Crippen MR) is 70.8 cm³/mol. The lowest BCUT2D eigenvalue weighted by atomic mass is 10.0. The van der Waals surface area contributed by atoms with Crippen molar-refractivity contribution in [1.82, 2.24) is 10.2 Å². The van der Waals surface area contributed by atoms with Crippen LogP contribution in [0.25, 0.3) is 0 Å². The van der Waals surface area contributed by atoms with Crippen molar-refractivity contribution in [3.05, 3.63) is 0 Å². The van der Waals surface area contributed by atoms with Gasteiger partial charge in [-0.05, 0) is 18.8 Å². The maximum atomic E-state index is 11.9. The van der Waals surface area contributed by atoms with Gasteiger partial charge in [0.2, 0.25) is 0 Å². The monoisotopic (exact) mass is 272 g/mol. The summed E-state index contributed by atoms with van der Waals surface area (Å²) in [4.78, 5) is 24.3. The third kappa shape index (κ3) is 4.38. The number of aliphatic hydroxyl groups is 1. The van der Waals surface area contributed by atoms with Crippen molar-refractivity contribution in [3.8, 4) is 0 Å². The van der Waals surface area contributed by atoms with Crippen LogP contribution in [-0.4, -0.2) is 52.3 Å². The van der Waals surface area contributed by atoms with Gasteiger partial charge in [0.1, 0.15) is 6.04 Å². The van der Waals surface area contributed by atoms with Crippen molar-refractivity contribution in [2.75, 3.05) is 13.6 Å². The van der Waals surface area contributed by atoms with Gasteiger partial charge >= 0.3 is 12.0 Å². The number of rotatable bonds is 5. The molecule has 0 aliphatic heterocycles. The van der Waals surface area contributed by atoms with E-state index in [1.165, 1.54) is 4.90 Å². The Bertz CT molecular complexity index is 338. The van der Waals surface area contributed by atoms with E-state index >= 15 is 0 Å². The van der Waals surface area contributed by atoms with Crippen molar-refractivity contribution in [2.24, 2.45) is 5.92 Å². The van der Waals surface area contributed by atoms with E-state index in [4.69, 9.17) is 5.11 Å². The van der Waals surface area contributed by atoms with Crippen molar-refractivity contribution < 1.29 is 19.8 Å². The molecule has 6 nitrogen and oxygen atoms in total. The molecule has 1 saturated carbocycles. The van der Waals surface area contributed by atoms with Gasteiger partial charge in [0.05, 0.1) is 12.1 Å². The highest BCUT2D eigenvalue weighted by Gasteiger charge is 2.34. The average Bonchev–Trinajstić information content (AvgIpc) is 2.71. The fourth-order valence-corrected chi connectivity index (χ4v) is 2.46. The van der Waals surface area contributed by atoms with Gasteiger partial charge in [-0.15, -0.1) is 0 Å². The van der Waals surface area contributed by atoms with Gasteiger partial charge in [0.15, 0.2) is 0 Å². The molecule has 2 amide bonds. The lowest BCUT2D eigenvalue weighted by Crippen LogP contribution is -2.52. The molecule has 0 radical (unpaired) electrons. The van der Waals surface area contributed by atoms with E-state index in [1.807, 2.05) is 0 Å². The first-order chi connectivity index (χ1) is 8.75. The number of hydrogen-bond acceptors (Lipinski definition) is 3. The Hall–Kier alpha value is -1.30. The van der Waals surface area contributed by atoms with E-state index in [2.05, 4.69) is 5.32 Å². The highest BCUT2D eigenvalue weighted by atomic mass is 16.4. The van der Waals surface area contributed by atoms with Crippen LogP contribution >= 0.6 is 0 Å². The number of likely N-dealkylation sites (N-methyl/N-ethyl adjacent to an activating group) is 1. The average molecular weight is 272 g/mol. The second-order valence-corrected chi connectivity index (χ2v) is 5.80. The van der Waals surface area contributed by atoms with E-state index in [0.717, 1.165) is 12.8 Å². The molecule has 0 bridgehead atoms. The highest BCUT2D eigenvalue weighted by molar-refractivity contribution is 5.82. The smallest absolute Gasteiger partial charge is 0.326 e. The zero-order valence-corrected chi connectivity index (χ0v) is 11.8. The molecule has 1 atom stereocenters. The number of carbonyl (C=O) groups is 2. The zero-order valence-electron chi connectivity index (χ0n) is 11.8. The minimum atomic E-state index is -1.05. The van der Waals surface area contributed by atoms with E-state index in [-0.39, 0.29) is 12.5 Å². The Labute approximate surface area is 113 Å². The summed E-state index contributed by atoms with van der Waals surface area (Å²) in [5, 5.41) is 21.7. The fraction of sp³-hybridized carbons (Fsp3) is 0.846. The van der Waals surface area contributed by atoms with Crippen LogP contribution < -0.4 is 5.32 Å². The standard InChI is InChI=1S/C13H24N2O4/c1-9(2)10(11(16)17)14-12(18)15(3)8-13(19)6-4-5-7-13/h9-10,19H,4-8H2,1-3H3,(H,14,18)(H,16,17)/t10-/m0/s1. The number of carboxylic acids is 1. The van der Waals surface area contributed by atoms with Crippen LogP contribution in [0, 0.1) is 5.92 Å². The van der Waals surface area contributed by atoms with Crippen LogP contribution in [0.15, 0.2) is 0 Å². The van der Waals surface area contributed by atoms with Gasteiger partial charge in [-0.3, -0.25) is 0 Å². The number of nitrogens with zero attached hydrogens (tertiary/aromatic N) is 1. The lowest BCUT2D eigenvalue weighted by molar-refractivity contribution is -0.140. The first-order valence-corrected chi connectivity index (χ1v) is 6.72. The Kier molecular flexibility index (Phi) is 5.17. The molecule has 0 aromatic heterocycles. The Balaban J connectivity index is 2.54. The summed E-state index contributed by atoms with van der Waals surface area (Å²) in [5.74, 6) is -1.24. The van der Waals surface area contributed by atoms with E-state index < -0.39 is 23.6 Å². The maximum absolute atomic E-state index is 11.9. The number of aliphatic carboxylic acids is 1. The van der Waals surface area contributed by atoms with Crippen LogP contribution in [0.3, 0.4) is 0 Å². The van der Waals surface area contributed by atoms with Gasteiger partial charge < -0.3 is 20.4 Å². The molecule has 1 aliphatic rings. The number of amides is 2. The largest absolute Gasteiger partial charge is 0.480 e. The van der Waals surface area contributed by atoms with E-state index in [0.29, 0.717) is 12.8 Å². The molecule has 6 heteroatoms. The molecule has 1 rings (SSSR count). The van der Waals surface area contributed by atoms with Gasteiger partial charge in [-0.1, -0.05) is 26.7 Å². The second-order valence-electron chi connectivity index (χ2n) is 5.80. The zero-order chi connectivity index (χ0) is 14.6. The molecule has 3 N–H and O–H groups in total. The first-order valence-electron chi connectivity index (χ1n) is 6.72. The minimum Gasteiger partial charge on any atom is -0.480 e. The molecule has 0 unspecified atom stereocenters. The minimum absolute atomic E-state index is 0.190. The second kappa shape index (κ2) is 6.23. The molecular formula is C13H24N2O4. The highest BCUT2D eigenvalue weighted by Crippen LogP contribution is 2.29. The normalized spacial score (nSPS) is 19.2. The third-order valence-corrected chi connectivity index (χ3v) is 3.62. The molecule has 1 aliphatic carbocycles. The molecule has 0 heterocycles. The summed E-state index contributed by atoms with van der Waals surface area (Å²) in [7, 11) is 1.57. The van der Waals surface area contributed by atoms with E-state index in [1.54, 1.807) is 20.9 Å². The SMILES string of the molecule is CC(C)[C@H](NC(=O)N(C)CC1(O)CCCC1)C(=O)O. The Morgan fingerprint density at radius 1 is 1.32 bits per heavy atom. The van der Waals surface area contributed by atoms with Crippen molar-refractivity contribution in [3.63, 3.8) is 0 Å². The maximum Gasteiger partial charge on any atom is 0.326 e. The first kappa shape index (κ1) is 15.8. The third-order valence-electron chi connectivity index (χ3n) is 3.62. The molecule has 1 fully saturated rings. The molecule has 0 aromatic rings. The van der Waals surface area contributed by atoms with Gasteiger partial charge in [-0.25, -0.2) is 9.59 Å². The number of urea groups is 1. The van der Waals surface area contributed by atoms with Gasteiger partial charge in [-0.2, -0.15) is 0 Å². The summed E-state index contributed by atoms with van der Waals surface area (Å²) >= 11 is 0. The van der Waals surface area contributed by atoms with Crippen LogP contribution in [-0.2, 0) is 4.79 Å². The van der Waals surface area contributed by atoms with E-state index in [9.17, 15) is 14.7 Å². The molecular weight excluding hydrogens is 248 g/mol. The fourth-order valence-electron chi connectivity index (χ4n) is 2.46. The summed E-state index contributed by atoms with van der Waals surface area (Å²) in [6.07, 6.45) is 3.32. The summed E-state index contributed by atoms with van der Waals surface area (Å²) < 4.78 is 0. The van der Waals surface area contributed by atoms with Crippen molar-refractivity contribution in [1.29, 1.82) is 0 Å². The van der Waals surface area contributed by atoms with Crippen LogP contribution in [0.5, 0.6) is 0 Å². The number of hydrogen-bond donors (Lipinski definition) is 3. The predicted octanol–water partition coefficient (Wildman–Crippen LogP) is 1.04. The molecule has 0 aromatic carbocycles. The lowest BCUT2D eigenvalue weighted by Gasteiger charge is -2.30. The number of carboxylic acid groups (broad SMARTS) is 1. The van der Waals surface area contributed by atoms with Gasteiger partial charge in [0.25, 0.3) is 0 Å². The Morgan fingerprint density at radius 2 is 1.84 bits per heavy atom. The quantitative estimate of drug-likeness (QED) is 0.697. The molecule has 19 heavy (non-hydrogen) atoms. The van der Waals surface area contributed by atoms with Crippen molar-refractivity contribution in [2.45, 2.75) is 51.2 Å². The summed E-state index contributed by atoms with van der Waals surface area (Å²) in [5.41, 5.74) is -0.817. The summed E-state index contributed by atoms with van der Waals surface area (Å²) in [6, 6.07) is -1.37. The van der Waals surface area contributed by atoms with Crippen LogP contribution in [0.4, 0.5) is 4.79 Å². The topological polar surface area (TPSA) is 89.9 Å². The van der Waals surface area contributed by atoms with Crippen LogP contribution in [0.2, 0.25) is 0 Å². The Morgan fingerprint density at radius 3 is 2.26 bits per heavy atom.